The lowest BCUT2D eigenvalue weighted by Gasteiger charge is -2.34. The molecule has 1 N–H and O–H groups in total. The molecule has 0 aromatic heterocycles. The average molecular weight is 141 g/mol. The lowest BCUT2D eigenvalue weighted by Crippen LogP contribution is -2.36. The summed E-state index contributed by atoms with van der Waals surface area (Å²) in [6, 6.07) is 0.806. The van der Waals surface area contributed by atoms with Gasteiger partial charge in [0.2, 0.25) is 0 Å². The third-order valence-corrected chi connectivity index (χ3v) is 2.61. The molecule has 1 saturated carbocycles. The zero-order chi connectivity index (χ0) is 6.97. The van der Waals surface area contributed by atoms with Crippen molar-refractivity contribution in [2.45, 2.75) is 37.8 Å². The monoisotopic (exact) mass is 141 g/mol. The van der Waals surface area contributed by atoms with E-state index in [1.54, 1.807) is 0 Å². The van der Waals surface area contributed by atoms with Crippen molar-refractivity contribution in [2.24, 2.45) is 0 Å². The molecule has 0 bridgehead atoms. The molecule has 2 rings (SSSR count). The zero-order valence-corrected chi connectivity index (χ0v) is 6.05. The van der Waals surface area contributed by atoms with Crippen molar-refractivity contribution >= 4 is 0 Å². The molecule has 1 saturated heterocycles. The first-order valence-electron chi connectivity index (χ1n) is 4.05. The van der Waals surface area contributed by atoms with Crippen molar-refractivity contribution in [3.63, 3.8) is 0 Å². The van der Waals surface area contributed by atoms with Crippen LogP contribution in [0.3, 0.4) is 0 Å². The maximum atomic E-state index is 11.1. The van der Waals surface area contributed by atoms with Crippen LogP contribution in [0.2, 0.25) is 0 Å². The number of hydrogen-bond acceptors (Lipinski definition) is 3. The first kappa shape index (κ1) is 6.58. The van der Waals surface area contributed by atoms with Crippen molar-refractivity contribution in [2.75, 3.05) is 6.67 Å². The fraction of sp³-hybridized carbons (Fsp3) is 1.00. The third-order valence-electron chi connectivity index (χ3n) is 2.61. The summed E-state index contributed by atoms with van der Waals surface area (Å²) in [7, 11) is 0. The van der Waals surface area contributed by atoms with E-state index < -0.39 is 0 Å². The van der Waals surface area contributed by atoms with Crippen LogP contribution in [0.1, 0.15) is 25.7 Å². The highest BCUT2D eigenvalue weighted by molar-refractivity contribution is 4.92. The minimum absolute atomic E-state index is 0.300. The van der Waals surface area contributed by atoms with Crippen molar-refractivity contribution in [1.82, 2.24) is 10.4 Å². The molecular formula is C7H13N2O-. The third kappa shape index (κ3) is 0.944. The molecule has 1 aliphatic carbocycles. The summed E-state index contributed by atoms with van der Waals surface area (Å²) in [5.74, 6) is 0. The molecule has 0 amide bonds. The molecule has 3 heteroatoms. The maximum Gasteiger partial charge on any atom is 0.0369 e. The Morgan fingerprint density at radius 3 is 2.90 bits per heavy atom. The Morgan fingerprint density at radius 1 is 1.30 bits per heavy atom. The van der Waals surface area contributed by atoms with Gasteiger partial charge in [-0.25, -0.2) is 0 Å². The average Bonchev–Trinajstić information content (AvgIpc) is 2.34. The van der Waals surface area contributed by atoms with Crippen LogP contribution < -0.4 is 5.32 Å². The summed E-state index contributed by atoms with van der Waals surface area (Å²) in [6.07, 6.45) is 4.83. The molecule has 2 fully saturated rings. The normalized spacial score (nSPS) is 41.7. The fourth-order valence-electron chi connectivity index (χ4n) is 2.02. The van der Waals surface area contributed by atoms with E-state index in [4.69, 9.17) is 0 Å². The molecule has 2 unspecified atom stereocenters. The lowest BCUT2D eigenvalue weighted by molar-refractivity contribution is 0.272. The largest absolute Gasteiger partial charge is 0.784 e. The number of nitrogens with one attached hydrogen (secondary N) is 1. The van der Waals surface area contributed by atoms with E-state index in [0.717, 1.165) is 6.42 Å². The molecule has 1 aliphatic heterocycles. The number of hydroxylamine groups is 2. The highest BCUT2D eigenvalue weighted by Crippen LogP contribution is 2.25. The van der Waals surface area contributed by atoms with Crippen LogP contribution in [-0.4, -0.2) is 23.8 Å². The number of rotatable bonds is 0. The number of fused-ring (bicyclic) bond motifs is 1. The minimum Gasteiger partial charge on any atom is -0.784 e. The first-order valence-corrected chi connectivity index (χ1v) is 4.05. The molecule has 0 spiro atoms. The molecule has 0 radical (unpaired) electrons. The van der Waals surface area contributed by atoms with Gasteiger partial charge in [0.15, 0.2) is 0 Å². The van der Waals surface area contributed by atoms with Gasteiger partial charge < -0.3 is 15.6 Å². The summed E-state index contributed by atoms with van der Waals surface area (Å²) in [5.41, 5.74) is 0. The highest BCUT2D eigenvalue weighted by atomic mass is 16.5. The van der Waals surface area contributed by atoms with Gasteiger partial charge in [-0.1, -0.05) is 12.8 Å². The Morgan fingerprint density at radius 2 is 2.10 bits per heavy atom. The van der Waals surface area contributed by atoms with Crippen LogP contribution in [-0.2, 0) is 0 Å². The van der Waals surface area contributed by atoms with Crippen molar-refractivity contribution in [3.8, 4) is 0 Å². The predicted octanol–water partition coefficient (Wildman–Crippen LogP) is 0.658. The van der Waals surface area contributed by atoms with Crippen molar-refractivity contribution in [3.05, 3.63) is 5.21 Å². The van der Waals surface area contributed by atoms with E-state index in [2.05, 4.69) is 5.32 Å². The summed E-state index contributed by atoms with van der Waals surface area (Å²) in [5, 5.41) is 15.5. The van der Waals surface area contributed by atoms with Crippen molar-refractivity contribution in [1.29, 1.82) is 0 Å². The summed E-state index contributed by atoms with van der Waals surface area (Å²) in [6.45, 7) is 0.551. The van der Waals surface area contributed by atoms with Gasteiger partial charge >= 0.3 is 0 Å². The molecule has 0 aromatic rings. The topological polar surface area (TPSA) is 38.3 Å². The molecule has 10 heavy (non-hydrogen) atoms. The van der Waals surface area contributed by atoms with Crippen LogP contribution in [0.15, 0.2) is 0 Å². The van der Waals surface area contributed by atoms with Crippen LogP contribution in [0.25, 0.3) is 0 Å². The molecule has 2 aliphatic rings. The van der Waals surface area contributed by atoms with Gasteiger partial charge in [0, 0.05) is 18.8 Å². The van der Waals surface area contributed by atoms with Crippen LogP contribution in [0.4, 0.5) is 0 Å². The highest BCUT2D eigenvalue weighted by Gasteiger charge is 2.29. The second kappa shape index (κ2) is 2.49. The van der Waals surface area contributed by atoms with Crippen molar-refractivity contribution < 1.29 is 0 Å². The molecular weight excluding hydrogens is 128 g/mol. The van der Waals surface area contributed by atoms with Gasteiger partial charge in [0.05, 0.1) is 0 Å². The van der Waals surface area contributed by atoms with Gasteiger partial charge in [0.1, 0.15) is 0 Å². The minimum atomic E-state index is 0.300. The Labute approximate surface area is 61.0 Å². The summed E-state index contributed by atoms with van der Waals surface area (Å²) in [4.78, 5) is 0. The molecule has 0 aromatic carbocycles. The van der Waals surface area contributed by atoms with E-state index in [-0.39, 0.29) is 0 Å². The van der Waals surface area contributed by atoms with Crippen LogP contribution in [0, 0.1) is 5.21 Å². The van der Waals surface area contributed by atoms with E-state index in [9.17, 15) is 5.21 Å². The maximum absolute atomic E-state index is 11.1. The van der Waals surface area contributed by atoms with E-state index in [1.165, 1.54) is 24.3 Å². The quantitative estimate of drug-likeness (QED) is 0.538. The van der Waals surface area contributed by atoms with Gasteiger partial charge in [-0.2, -0.15) is 0 Å². The van der Waals surface area contributed by atoms with Gasteiger partial charge in [-0.3, -0.25) is 0 Å². The van der Waals surface area contributed by atoms with E-state index in [1.807, 2.05) is 0 Å². The Hall–Kier alpha value is -0.120. The smallest absolute Gasteiger partial charge is 0.0369 e. The molecule has 58 valence electrons. The van der Waals surface area contributed by atoms with Crippen LogP contribution >= 0.6 is 0 Å². The van der Waals surface area contributed by atoms with Gasteiger partial charge in [-0.05, 0) is 12.8 Å². The summed E-state index contributed by atoms with van der Waals surface area (Å²) < 4.78 is 0. The van der Waals surface area contributed by atoms with E-state index >= 15 is 0 Å². The second-order valence-corrected chi connectivity index (χ2v) is 3.24. The summed E-state index contributed by atoms with van der Waals surface area (Å²) >= 11 is 0. The lowest BCUT2D eigenvalue weighted by atomic mass is 9.92. The fourth-order valence-corrected chi connectivity index (χ4v) is 2.02. The van der Waals surface area contributed by atoms with Gasteiger partial charge in [0.25, 0.3) is 0 Å². The standard InChI is InChI=1S/C7H13N2O/c10-9-5-8-6-3-1-2-4-7(6)9/h6-8H,1-5H2/q-1. The Bertz CT molecular complexity index is 127. The number of hydrogen-bond donors (Lipinski definition) is 1. The Balaban J connectivity index is 2.01. The first-order chi connectivity index (χ1) is 4.88. The number of nitrogens with zero attached hydrogens (tertiary/aromatic N) is 1. The van der Waals surface area contributed by atoms with Gasteiger partial charge in [-0.15, -0.1) is 0 Å². The second-order valence-electron chi connectivity index (χ2n) is 3.24. The molecule has 2 atom stereocenters. The predicted molar refractivity (Wildman–Crippen MR) is 39.3 cm³/mol. The molecule has 3 nitrogen and oxygen atoms in total. The van der Waals surface area contributed by atoms with E-state index in [0.29, 0.717) is 18.8 Å². The molecule has 1 heterocycles. The van der Waals surface area contributed by atoms with Crippen LogP contribution in [0.5, 0.6) is 0 Å². The zero-order valence-electron chi connectivity index (χ0n) is 6.05. The Kier molecular flexibility index (Phi) is 1.64. The SMILES string of the molecule is [O-]N1CNC2CCCCC21.